The van der Waals surface area contributed by atoms with Gasteiger partial charge in [-0.2, -0.15) is 4.74 Å². The minimum absolute atomic E-state index is 0.138. The van der Waals surface area contributed by atoms with Gasteiger partial charge in [0.05, 0.1) is 18.2 Å². The van der Waals surface area contributed by atoms with Gasteiger partial charge in [0.25, 0.3) is 5.56 Å². The van der Waals surface area contributed by atoms with Crippen molar-refractivity contribution in [1.29, 1.82) is 0 Å². The van der Waals surface area contributed by atoms with Gasteiger partial charge < -0.3 is 9.09 Å². The zero-order chi connectivity index (χ0) is 9.26. The van der Waals surface area contributed by atoms with E-state index in [0.717, 1.165) is 5.69 Å². The Morgan fingerprint density at radius 3 is 3.00 bits per heavy atom. The second kappa shape index (κ2) is 2.93. The molecule has 0 saturated carbocycles. The van der Waals surface area contributed by atoms with Gasteiger partial charge in [0.15, 0.2) is 0 Å². The van der Waals surface area contributed by atoms with Gasteiger partial charge in [-0.25, -0.2) is 4.98 Å². The number of aryl methyl sites for hydroxylation is 1. The molecule has 0 spiro atoms. The SMILES string of the molecule is Cn1cncc1Cn1occc1=O. The summed E-state index contributed by atoms with van der Waals surface area (Å²) in [6.45, 7) is 0.419. The van der Waals surface area contributed by atoms with E-state index in [9.17, 15) is 4.79 Å². The van der Waals surface area contributed by atoms with Crippen molar-refractivity contribution in [3.05, 3.63) is 40.9 Å². The highest BCUT2D eigenvalue weighted by molar-refractivity contribution is 4.97. The summed E-state index contributed by atoms with van der Waals surface area (Å²) in [6, 6.07) is 1.39. The van der Waals surface area contributed by atoms with Crippen molar-refractivity contribution in [2.45, 2.75) is 6.54 Å². The van der Waals surface area contributed by atoms with Crippen LogP contribution in [-0.4, -0.2) is 14.3 Å². The van der Waals surface area contributed by atoms with Gasteiger partial charge in [0.1, 0.15) is 12.8 Å². The van der Waals surface area contributed by atoms with Crippen LogP contribution in [0.25, 0.3) is 0 Å². The summed E-state index contributed by atoms with van der Waals surface area (Å²) in [6.07, 6.45) is 4.76. The highest BCUT2D eigenvalue weighted by Crippen LogP contribution is 1.98. The van der Waals surface area contributed by atoms with E-state index in [-0.39, 0.29) is 5.56 Å². The highest BCUT2D eigenvalue weighted by Gasteiger charge is 2.02. The van der Waals surface area contributed by atoms with Crippen molar-refractivity contribution in [2.24, 2.45) is 7.05 Å². The maximum atomic E-state index is 11.1. The second-order valence-corrected chi connectivity index (χ2v) is 2.78. The van der Waals surface area contributed by atoms with Crippen LogP contribution in [0.3, 0.4) is 0 Å². The molecule has 0 aromatic carbocycles. The lowest BCUT2D eigenvalue weighted by molar-refractivity contribution is 0.273. The average Bonchev–Trinajstić information content (AvgIpc) is 2.65. The third kappa shape index (κ3) is 1.40. The van der Waals surface area contributed by atoms with Crippen LogP contribution < -0.4 is 5.56 Å². The van der Waals surface area contributed by atoms with Gasteiger partial charge in [-0.3, -0.25) is 4.79 Å². The first kappa shape index (κ1) is 7.85. The fraction of sp³-hybridized carbons (Fsp3) is 0.250. The van der Waals surface area contributed by atoms with Crippen LogP contribution in [0.2, 0.25) is 0 Å². The van der Waals surface area contributed by atoms with E-state index in [0.29, 0.717) is 6.54 Å². The van der Waals surface area contributed by atoms with E-state index < -0.39 is 0 Å². The molecule has 0 fully saturated rings. The fourth-order valence-electron chi connectivity index (χ4n) is 1.10. The zero-order valence-electron chi connectivity index (χ0n) is 7.17. The molecule has 0 bridgehead atoms. The Kier molecular flexibility index (Phi) is 1.77. The molecular weight excluding hydrogens is 170 g/mol. The third-order valence-electron chi connectivity index (χ3n) is 1.87. The Labute approximate surface area is 74.2 Å². The second-order valence-electron chi connectivity index (χ2n) is 2.78. The van der Waals surface area contributed by atoms with E-state index >= 15 is 0 Å². The van der Waals surface area contributed by atoms with E-state index in [1.807, 2.05) is 11.6 Å². The molecule has 0 atom stereocenters. The van der Waals surface area contributed by atoms with Crippen LogP contribution in [0, 0.1) is 0 Å². The highest BCUT2D eigenvalue weighted by atomic mass is 16.5. The Morgan fingerprint density at radius 2 is 2.46 bits per heavy atom. The van der Waals surface area contributed by atoms with Crippen molar-refractivity contribution in [2.75, 3.05) is 0 Å². The monoisotopic (exact) mass is 179 g/mol. The number of aromatic nitrogens is 3. The molecule has 0 aliphatic rings. The summed E-state index contributed by atoms with van der Waals surface area (Å²) in [5.74, 6) is 0. The van der Waals surface area contributed by atoms with Gasteiger partial charge in [0.2, 0.25) is 0 Å². The molecule has 13 heavy (non-hydrogen) atoms. The van der Waals surface area contributed by atoms with Gasteiger partial charge >= 0.3 is 0 Å². The molecule has 2 aromatic rings. The predicted octanol–water partition coefficient (Wildman–Crippen LogP) is 0.223. The fourth-order valence-corrected chi connectivity index (χ4v) is 1.10. The molecule has 0 N–H and O–H groups in total. The molecule has 5 nitrogen and oxygen atoms in total. The standard InChI is InChI=1S/C8H9N3O2/c1-10-6-9-4-7(10)5-11-8(12)2-3-13-11/h2-4,6H,5H2,1H3. The zero-order valence-corrected chi connectivity index (χ0v) is 7.17. The quantitative estimate of drug-likeness (QED) is 0.662. The lowest BCUT2D eigenvalue weighted by Crippen LogP contribution is -2.15. The van der Waals surface area contributed by atoms with Crippen molar-refractivity contribution in [3.8, 4) is 0 Å². The molecule has 0 amide bonds. The maximum absolute atomic E-state index is 11.1. The largest absolute Gasteiger partial charge is 0.384 e. The molecule has 68 valence electrons. The average molecular weight is 179 g/mol. The molecule has 0 aliphatic carbocycles. The summed E-state index contributed by atoms with van der Waals surface area (Å²) in [5.41, 5.74) is 0.790. The van der Waals surface area contributed by atoms with Gasteiger partial charge in [-0.1, -0.05) is 0 Å². The summed E-state index contributed by atoms with van der Waals surface area (Å²) in [7, 11) is 1.87. The van der Waals surface area contributed by atoms with Crippen LogP contribution in [0.15, 0.2) is 34.2 Å². The first-order valence-electron chi connectivity index (χ1n) is 3.87. The number of hydrogen-bond donors (Lipinski definition) is 0. The normalized spacial score (nSPS) is 10.5. The van der Waals surface area contributed by atoms with Crippen molar-refractivity contribution in [1.82, 2.24) is 14.3 Å². The summed E-state index contributed by atoms with van der Waals surface area (Å²) < 4.78 is 8.07. The van der Waals surface area contributed by atoms with E-state index in [2.05, 4.69) is 4.98 Å². The molecule has 2 rings (SSSR count). The molecule has 0 unspecified atom stereocenters. The third-order valence-corrected chi connectivity index (χ3v) is 1.87. The van der Waals surface area contributed by atoms with Gasteiger partial charge in [-0.05, 0) is 0 Å². The first-order valence-corrected chi connectivity index (χ1v) is 3.87. The van der Waals surface area contributed by atoms with E-state index in [4.69, 9.17) is 4.52 Å². The number of rotatable bonds is 2. The number of hydrogen-bond acceptors (Lipinski definition) is 3. The van der Waals surface area contributed by atoms with E-state index in [1.165, 1.54) is 17.1 Å². The van der Waals surface area contributed by atoms with Crippen LogP contribution in [-0.2, 0) is 13.6 Å². The first-order chi connectivity index (χ1) is 6.27. The summed E-state index contributed by atoms with van der Waals surface area (Å²) in [5, 5.41) is 0. The smallest absolute Gasteiger partial charge is 0.282 e. The number of nitrogens with zero attached hydrogens (tertiary/aromatic N) is 3. The minimum Gasteiger partial charge on any atom is -0.384 e. The van der Waals surface area contributed by atoms with Crippen LogP contribution in [0.5, 0.6) is 0 Å². The maximum Gasteiger partial charge on any atom is 0.282 e. The van der Waals surface area contributed by atoms with Crippen molar-refractivity contribution < 1.29 is 4.52 Å². The van der Waals surface area contributed by atoms with Crippen LogP contribution >= 0.6 is 0 Å². The Bertz CT molecular complexity index is 452. The van der Waals surface area contributed by atoms with Crippen molar-refractivity contribution >= 4 is 0 Å². The molecule has 5 heteroatoms. The summed E-state index contributed by atoms with van der Waals surface area (Å²) in [4.78, 5) is 15.0. The van der Waals surface area contributed by atoms with Crippen LogP contribution in [0.4, 0.5) is 0 Å². The topological polar surface area (TPSA) is 53.0 Å². The van der Waals surface area contributed by atoms with Crippen molar-refractivity contribution in [3.63, 3.8) is 0 Å². The minimum atomic E-state index is -0.138. The lowest BCUT2D eigenvalue weighted by atomic mass is 10.5. The molecule has 2 aromatic heterocycles. The molecular formula is C8H9N3O2. The Hall–Kier alpha value is -1.78. The molecule has 0 radical (unpaired) electrons. The lowest BCUT2D eigenvalue weighted by Gasteiger charge is -2.00. The summed E-state index contributed by atoms with van der Waals surface area (Å²) >= 11 is 0. The molecule has 2 heterocycles. The molecule has 0 saturated heterocycles. The van der Waals surface area contributed by atoms with Crippen LogP contribution in [0.1, 0.15) is 5.69 Å². The Morgan fingerprint density at radius 1 is 1.62 bits per heavy atom. The van der Waals surface area contributed by atoms with Gasteiger partial charge in [-0.15, -0.1) is 0 Å². The number of imidazole rings is 1. The molecule has 0 aliphatic heterocycles. The van der Waals surface area contributed by atoms with E-state index in [1.54, 1.807) is 12.5 Å². The van der Waals surface area contributed by atoms with Gasteiger partial charge in [0, 0.05) is 13.1 Å². The predicted molar refractivity (Wildman–Crippen MR) is 45.3 cm³/mol. The Balaban J connectivity index is 2.29.